The van der Waals surface area contributed by atoms with Crippen LogP contribution in [0.25, 0.3) is 0 Å². The summed E-state index contributed by atoms with van der Waals surface area (Å²) in [6, 6.07) is 0. The van der Waals surface area contributed by atoms with Gasteiger partial charge in [0.15, 0.2) is 0 Å². The summed E-state index contributed by atoms with van der Waals surface area (Å²) in [6.45, 7) is 7.51. The zero-order chi connectivity index (χ0) is 18.3. The molecule has 0 aromatic heterocycles. The van der Waals surface area contributed by atoms with E-state index in [2.05, 4.69) is 20.8 Å². The van der Waals surface area contributed by atoms with Crippen LogP contribution in [0.15, 0.2) is 0 Å². The zero-order valence-corrected chi connectivity index (χ0v) is 17.2. The van der Waals surface area contributed by atoms with Gasteiger partial charge in [0.1, 0.15) is 0 Å². The summed E-state index contributed by atoms with van der Waals surface area (Å²) in [5.74, 6) is 0.842. The standard InChI is InChI=1S/C13H28O.C9H20O/c1-2-3-4-5-6-7-8-9-10-11-12-13-14;1-9(2)7-5-3-4-6-8-10/h14H,2-13H2,1H3;9-10H,3-8H2,1-2H3. The Morgan fingerprint density at radius 3 is 1.17 bits per heavy atom. The maximum atomic E-state index is 8.59. The SMILES string of the molecule is CC(C)CCCCCCO.CCCCCCCCCCCCCO. The van der Waals surface area contributed by atoms with Gasteiger partial charge in [0.05, 0.1) is 0 Å². The molecule has 0 aliphatic heterocycles. The highest BCUT2D eigenvalue weighted by molar-refractivity contribution is 4.48. The summed E-state index contributed by atoms with van der Waals surface area (Å²) in [6.07, 6.45) is 20.9. The van der Waals surface area contributed by atoms with Crippen molar-refractivity contribution in [2.45, 2.75) is 124 Å². The molecule has 0 aliphatic rings. The third-order valence-corrected chi connectivity index (χ3v) is 4.45. The summed E-state index contributed by atoms with van der Waals surface area (Å²) in [5.41, 5.74) is 0. The first-order chi connectivity index (χ1) is 11.7. The molecular weight excluding hydrogens is 296 g/mol. The quantitative estimate of drug-likeness (QED) is 0.282. The maximum Gasteiger partial charge on any atom is 0.0431 e. The lowest BCUT2D eigenvalue weighted by Crippen LogP contribution is -1.88. The summed E-state index contributed by atoms with van der Waals surface area (Å²) in [4.78, 5) is 0. The third-order valence-electron chi connectivity index (χ3n) is 4.45. The van der Waals surface area contributed by atoms with E-state index in [1.807, 2.05) is 0 Å². The van der Waals surface area contributed by atoms with Crippen LogP contribution < -0.4 is 0 Å². The Labute approximate surface area is 153 Å². The minimum absolute atomic E-state index is 0.363. The molecule has 0 bridgehead atoms. The molecular formula is C22H48O2. The fraction of sp³-hybridized carbons (Fsp3) is 1.00. The largest absolute Gasteiger partial charge is 0.396 e. The van der Waals surface area contributed by atoms with E-state index in [0.717, 1.165) is 18.8 Å². The average Bonchev–Trinajstić information content (AvgIpc) is 2.57. The number of aliphatic hydroxyl groups excluding tert-OH is 2. The van der Waals surface area contributed by atoms with Crippen LogP contribution in [0, 0.1) is 5.92 Å². The van der Waals surface area contributed by atoms with Gasteiger partial charge in [-0.2, -0.15) is 0 Å². The van der Waals surface area contributed by atoms with Crippen molar-refractivity contribution in [3.8, 4) is 0 Å². The monoisotopic (exact) mass is 344 g/mol. The summed E-state index contributed by atoms with van der Waals surface area (Å²) in [7, 11) is 0. The van der Waals surface area contributed by atoms with Crippen LogP contribution >= 0.6 is 0 Å². The topological polar surface area (TPSA) is 40.5 Å². The van der Waals surface area contributed by atoms with Crippen molar-refractivity contribution in [2.24, 2.45) is 5.92 Å². The molecule has 24 heavy (non-hydrogen) atoms. The highest BCUT2D eigenvalue weighted by Gasteiger charge is 1.93. The van der Waals surface area contributed by atoms with Crippen LogP contribution in [0.2, 0.25) is 0 Å². The second-order valence-corrected chi connectivity index (χ2v) is 7.58. The van der Waals surface area contributed by atoms with Crippen LogP contribution in [-0.4, -0.2) is 23.4 Å². The second kappa shape index (κ2) is 25.2. The molecule has 0 rings (SSSR count). The highest BCUT2D eigenvalue weighted by atomic mass is 16.3. The molecule has 0 atom stereocenters. The fourth-order valence-electron chi connectivity index (χ4n) is 2.79. The predicted molar refractivity (Wildman–Crippen MR) is 109 cm³/mol. The first-order valence-corrected chi connectivity index (χ1v) is 10.9. The number of aliphatic hydroxyl groups is 2. The number of hydrogen-bond donors (Lipinski definition) is 2. The molecule has 0 saturated heterocycles. The zero-order valence-electron chi connectivity index (χ0n) is 17.2. The Morgan fingerprint density at radius 1 is 0.500 bits per heavy atom. The van der Waals surface area contributed by atoms with Crippen LogP contribution in [-0.2, 0) is 0 Å². The van der Waals surface area contributed by atoms with Gasteiger partial charge in [-0.15, -0.1) is 0 Å². The molecule has 2 heteroatoms. The normalized spacial score (nSPS) is 10.8. The molecule has 0 heterocycles. The van der Waals surface area contributed by atoms with Gasteiger partial charge in [-0.05, 0) is 18.8 Å². The van der Waals surface area contributed by atoms with Gasteiger partial charge in [-0.25, -0.2) is 0 Å². The maximum absolute atomic E-state index is 8.59. The second-order valence-electron chi connectivity index (χ2n) is 7.58. The van der Waals surface area contributed by atoms with Gasteiger partial charge in [-0.1, -0.05) is 111 Å². The Kier molecular flexibility index (Phi) is 27.4. The number of rotatable bonds is 17. The molecule has 0 spiro atoms. The molecule has 0 aromatic rings. The molecule has 2 nitrogen and oxygen atoms in total. The van der Waals surface area contributed by atoms with E-state index in [9.17, 15) is 0 Å². The van der Waals surface area contributed by atoms with Gasteiger partial charge >= 0.3 is 0 Å². The van der Waals surface area contributed by atoms with Crippen molar-refractivity contribution in [3.05, 3.63) is 0 Å². The Morgan fingerprint density at radius 2 is 0.833 bits per heavy atom. The van der Waals surface area contributed by atoms with E-state index in [-0.39, 0.29) is 0 Å². The van der Waals surface area contributed by atoms with E-state index in [1.54, 1.807) is 0 Å². The number of hydrogen-bond acceptors (Lipinski definition) is 2. The van der Waals surface area contributed by atoms with Crippen LogP contribution in [0.3, 0.4) is 0 Å². The summed E-state index contributed by atoms with van der Waals surface area (Å²) >= 11 is 0. The van der Waals surface area contributed by atoms with Crippen molar-refractivity contribution in [3.63, 3.8) is 0 Å². The van der Waals surface area contributed by atoms with E-state index in [1.165, 1.54) is 89.9 Å². The molecule has 0 aliphatic carbocycles. The van der Waals surface area contributed by atoms with Crippen molar-refractivity contribution >= 4 is 0 Å². The average molecular weight is 345 g/mol. The minimum atomic E-state index is 0.363. The minimum Gasteiger partial charge on any atom is -0.396 e. The van der Waals surface area contributed by atoms with E-state index >= 15 is 0 Å². The van der Waals surface area contributed by atoms with Gasteiger partial charge in [0.25, 0.3) is 0 Å². The summed E-state index contributed by atoms with van der Waals surface area (Å²) in [5, 5.41) is 17.1. The van der Waals surface area contributed by atoms with Crippen molar-refractivity contribution in [2.75, 3.05) is 13.2 Å². The summed E-state index contributed by atoms with van der Waals surface area (Å²) < 4.78 is 0. The van der Waals surface area contributed by atoms with E-state index in [0.29, 0.717) is 13.2 Å². The van der Waals surface area contributed by atoms with Crippen LogP contribution in [0.5, 0.6) is 0 Å². The molecule has 0 fully saturated rings. The smallest absolute Gasteiger partial charge is 0.0431 e. The number of unbranched alkanes of at least 4 members (excludes halogenated alkanes) is 13. The molecule has 0 unspecified atom stereocenters. The van der Waals surface area contributed by atoms with Gasteiger partial charge in [-0.3, -0.25) is 0 Å². The first kappa shape index (κ1) is 26.2. The molecule has 0 aromatic carbocycles. The molecule has 0 radical (unpaired) electrons. The van der Waals surface area contributed by atoms with E-state index < -0.39 is 0 Å². The van der Waals surface area contributed by atoms with Gasteiger partial charge in [0, 0.05) is 13.2 Å². The van der Waals surface area contributed by atoms with Crippen LogP contribution in [0.4, 0.5) is 0 Å². The van der Waals surface area contributed by atoms with Gasteiger partial charge in [0.2, 0.25) is 0 Å². The molecule has 2 N–H and O–H groups in total. The van der Waals surface area contributed by atoms with E-state index in [4.69, 9.17) is 10.2 Å². The molecule has 0 saturated carbocycles. The highest BCUT2D eigenvalue weighted by Crippen LogP contribution is 2.11. The first-order valence-electron chi connectivity index (χ1n) is 10.9. The lowest BCUT2D eigenvalue weighted by Gasteiger charge is -2.02. The van der Waals surface area contributed by atoms with Crippen LogP contribution in [0.1, 0.15) is 124 Å². The van der Waals surface area contributed by atoms with Crippen molar-refractivity contribution in [1.82, 2.24) is 0 Å². The Balaban J connectivity index is 0. The van der Waals surface area contributed by atoms with Gasteiger partial charge < -0.3 is 10.2 Å². The Hall–Kier alpha value is -0.0800. The lowest BCUT2D eigenvalue weighted by molar-refractivity contribution is 0.281. The Bertz CT molecular complexity index is 180. The van der Waals surface area contributed by atoms with Crippen molar-refractivity contribution < 1.29 is 10.2 Å². The molecule has 0 amide bonds. The fourth-order valence-corrected chi connectivity index (χ4v) is 2.79. The third kappa shape index (κ3) is 29.9. The van der Waals surface area contributed by atoms with Crippen molar-refractivity contribution in [1.29, 1.82) is 0 Å². The predicted octanol–water partition coefficient (Wildman–Crippen LogP) is 6.87. The molecule has 148 valence electrons. The lowest BCUT2D eigenvalue weighted by atomic mass is 10.0.